The zero-order chi connectivity index (χ0) is 11.5. The number of amides is 2. The maximum absolute atomic E-state index is 11.6. The first-order valence-electron chi connectivity index (χ1n) is 5.22. The molecule has 4 N–H and O–H groups in total. The molecule has 0 spiro atoms. The van der Waals surface area contributed by atoms with Gasteiger partial charge in [-0.05, 0) is 26.8 Å². The lowest BCUT2D eigenvalue weighted by atomic mass is 9.92. The fourth-order valence-electron chi connectivity index (χ4n) is 1.42. The van der Waals surface area contributed by atoms with Crippen molar-refractivity contribution in [2.75, 3.05) is 19.6 Å². The van der Waals surface area contributed by atoms with E-state index in [1.54, 1.807) is 13.8 Å². The van der Waals surface area contributed by atoms with E-state index < -0.39 is 11.3 Å². The molecular weight excluding hydrogens is 194 g/mol. The van der Waals surface area contributed by atoms with E-state index in [1.807, 2.05) is 0 Å². The lowest BCUT2D eigenvalue weighted by Crippen LogP contribution is -2.44. The Morgan fingerprint density at radius 2 is 2.20 bits per heavy atom. The summed E-state index contributed by atoms with van der Waals surface area (Å²) in [6.45, 7) is 5.36. The van der Waals surface area contributed by atoms with Gasteiger partial charge in [-0.25, -0.2) is 0 Å². The molecule has 5 nitrogen and oxygen atoms in total. The second-order valence-electron chi connectivity index (χ2n) is 4.66. The molecule has 1 fully saturated rings. The van der Waals surface area contributed by atoms with Crippen molar-refractivity contribution >= 4 is 11.8 Å². The molecule has 0 aromatic rings. The molecule has 0 bridgehead atoms. The zero-order valence-corrected chi connectivity index (χ0v) is 9.30. The molecule has 1 heterocycles. The largest absolute Gasteiger partial charge is 0.369 e. The van der Waals surface area contributed by atoms with Crippen molar-refractivity contribution in [1.29, 1.82) is 0 Å². The summed E-state index contributed by atoms with van der Waals surface area (Å²) in [4.78, 5) is 22.6. The van der Waals surface area contributed by atoms with Crippen LogP contribution >= 0.6 is 0 Å². The van der Waals surface area contributed by atoms with Gasteiger partial charge in [0.25, 0.3) is 0 Å². The number of carbonyl (C=O) groups is 2. The number of rotatable bonds is 4. The minimum absolute atomic E-state index is 0.00863. The molecule has 0 radical (unpaired) electrons. The Balaban J connectivity index is 2.36. The molecule has 15 heavy (non-hydrogen) atoms. The van der Waals surface area contributed by atoms with Crippen LogP contribution in [0.2, 0.25) is 0 Å². The number of carbonyl (C=O) groups excluding carboxylic acids is 2. The van der Waals surface area contributed by atoms with Crippen LogP contribution in [0.4, 0.5) is 0 Å². The SMILES string of the molecule is CC(C)(CNC(=O)[C@H]1CCNC1)C(N)=O. The minimum atomic E-state index is -0.679. The highest BCUT2D eigenvalue weighted by Gasteiger charge is 2.28. The molecule has 0 aliphatic carbocycles. The molecule has 0 aromatic carbocycles. The lowest BCUT2D eigenvalue weighted by molar-refractivity contribution is -0.128. The third kappa shape index (κ3) is 3.20. The smallest absolute Gasteiger partial charge is 0.224 e. The van der Waals surface area contributed by atoms with E-state index in [4.69, 9.17) is 5.73 Å². The molecule has 0 aromatic heterocycles. The van der Waals surface area contributed by atoms with Crippen molar-refractivity contribution in [3.05, 3.63) is 0 Å². The summed E-state index contributed by atoms with van der Waals surface area (Å²) in [7, 11) is 0. The molecule has 2 amide bonds. The molecule has 1 aliphatic rings. The Morgan fingerprint density at radius 3 is 2.67 bits per heavy atom. The van der Waals surface area contributed by atoms with Gasteiger partial charge < -0.3 is 16.4 Å². The monoisotopic (exact) mass is 213 g/mol. The van der Waals surface area contributed by atoms with Gasteiger partial charge >= 0.3 is 0 Å². The lowest BCUT2D eigenvalue weighted by Gasteiger charge is -2.21. The van der Waals surface area contributed by atoms with Gasteiger partial charge in [-0.15, -0.1) is 0 Å². The number of nitrogens with one attached hydrogen (secondary N) is 2. The van der Waals surface area contributed by atoms with Gasteiger partial charge in [0.1, 0.15) is 0 Å². The third-order valence-corrected chi connectivity index (χ3v) is 2.80. The third-order valence-electron chi connectivity index (χ3n) is 2.80. The summed E-state index contributed by atoms with van der Waals surface area (Å²) in [5.74, 6) is -0.352. The van der Waals surface area contributed by atoms with Gasteiger partial charge in [-0.3, -0.25) is 9.59 Å². The fourth-order valence-corrected chi connectivity index (χ4v) is 1.42. The van der Waals surface area contributed by atoms with Crippen molar-refractivity contribution in [3.8, 4) is 0 Å². The van der Waals surface area contributed by atoms with Crippen LogP contribution in [-0.4, -0.2) is 31.4 Å². The van der Waals surface area contributed by atoms with Gasteiger partial charge in [0, 0.05) is 13.1 Å². The summed E-state index contributed by atoms with van der Waals surface area (Å²) in [6, 6.07) is 0. The van der Waals surface area contributed by atoms with Crippen LogP contribution in [0.3, 0.4) is 0 Å². The van der Waals surface area contributed by atoms with Crippen LogP contribution in [0, 0.1) is 11.3 Å². The molecule has 1 rings (SSSR count). The molecule has 1 saturated heterocycles. The summed E-state index contributed by atoms with van der Waals surface area (Å²) >= 11 is 0. The standard InChI is InChI=1S/C10H19N3O2/c1-10(2,9(11)15)6-13-8(14)7-3-4-12-5-7/h7,12H,3-6H2,1-2H3,(H2,11,15)(H,13,14)/t7-/m0/s1. The Kier molecular flexibility index (Phi) is 3.68. The molecule has 0 unspecified atom stereocenters. The number of hydrogen-bond donors (Lipinski definition) is 3. The van der Waals surface area contributed by atoms with Crippen LogP contribution in [0.15, 0.2) is 0 Å². The quantitative estimate of drug-likeness (QED) is 0.573. The van der Waals surface area contributed by atoms with Gasteiger partial charge in [-0.1, -0.05) is 0 Å². The van der Waals surface area contributed by atoms with Crippen molar-refractivity contribution in [2.24, 2.45) is 17.1 Å². The maximum Gasteiger partial charge on any atom is 0.224 e. The van der Waals surface area contributed by atoms with Crippen molar-refractivity contribution < 1.29 is 9.59 Å². The summed E-state index contributed by atoms with van der Waals surface area (Å²) < 4.78 is 0. The number of primary amides is 1. The van der Waals surface area contributed by atoms with Gasteiger partial charge in [-0.2, -0.15) is 0 Å². The molecule has 5 heteroatoms. The van der Waals surface area contributed by atoms with Gasteiger partial charge in [0.05, 0.1) is 11.3 Å². The Labute approximate surface area is 89.8 Å². The highest BCUT2D eigenvalue weighted by atomic mass is 16.2. The van der Waals surface area contributed by atoms with Crippen molar-refractivity contribution in [3.63, 3.8) is 0 Å². The number of hydrogen-bond acceptors (Lipinski definition) is 3. The van der Waals surface area contributed by atoms with Crippen LogP contribution in [0.1, 0.15) is 20.3 Å². The van der Waals surface area contributed by atoms with Crippen LogP contribution in [0.5, 0.6) is 0 Å². The second kappa shape index (κ2) is 4.61. The van der Waals surface area contributed by atoms with Crippen LogP contribution in [0.25, 0.3) is 0 Å². The van der Waals surface area contributed by atoms with E-state index in [0.717, 1.165) is 19.5 Å². The van der Waals surface area contributed by atoms with Crippen LogP contribution < -0.4 is 16.4 Å². The minimum Gasteiger partial charge on any atom is -0.369 e. The van der Waals surface area contributed by atoms with Crippen molar-refractivity contribution in [2.45, 2.75) is 20.3 Å². The average molecular weight is 213 g/mol. The van der Waals surface area contributed by atoms with Gasteiger partial charge in [0.2, 0.25) is 11.8 Å². The van der Waals surface area contributed by atoms with E-state index >= 15 is 0 Å². The van der Waals surface area contributed by atoms with E-state index in [0.29, 0.717) is 6.54 Å². The topological polar surface area (TPSA) is 84.2 Å². The van der Waals surface area contributed by atoms with E-state index in [-0.39, 0.29) is 11.8 Å². The summed E-state index contributed by atoms with van der Waals surface area (Å²) in [5, 5.41) is 5.89. The first-order chi connectivity index (χ1) is 6.93. The average Bonchev–Trinajstić information content (AvgIpc) is 2.66. The molecule has 0 saturated carbocycles. The van der Waals surface area contributed by atoms with E-state index in [1.165, 1.54) is 0 Å². The molecule has 1 aliphatic heterocycles. The van der Waals surface area contributed by atoms with Crippen molar-refractivity contribution in [1.82, 2.24) is 10.6 Å². The zero-order valence-electron chi connectivity index (χ0n) is 9.30. The molecule has 86 valence electrons. The first kappa shape index (κ1) is 12.0. The normalized spacial score (nSPS) is 21.3. The summed E-state index contributed by atoms with van der Waals surface area (Å²) in [6.07, 6.45) is 0.864. The van der Waals surface area contributed by atoms with Crippen LogP contribution in [-0.2, 0) is 9.59 Å². The second-order valence-corrected chi connectivity index (χ2v) is 4.66. The summed E-state index contributed by atoms with van der Waals surface area (Å²) in [5.41, 5.74) is 4.53. The Morgan fingerprint density at radius 1 is 1.53 bits per heavy atom. The predicted molar refractivity (Wildman–Crippen MR) is 57.0 cm³/mol. The molecular formula is C10H19N3O2. The highest BCUT2D eigenvalue weighted by molar-refractivity contribution is 5.83. The highest BCUT2D eigenvalue weighted by Crippen LogP contribution is 2.13. The molecule has 1 atom stereocenters. The van der Waals surface area contributed by atoms with E-state index in [9.17, 15) is 9.59 Å². The fraction of sp³-hybridized carbons (Fsp3) is 0.800. The predicted octanol–water partition coefficient (Wildman–Crippen LogP) is -0.776. The Bertz CT molecular complexity index is 257. The Hall–Kier alpha value is -1.10. The number of nitrogens with two attached hydrogens (primary N) is 1. The van der Waals surface area contributed by atoms with Gasteiger partial charge in [0.15, 0.2) is 0 Å². The first-order valence-corrected chi connectivity index (χ1v) is 5.22. The maximum atomic E-state index is 11.6. The van der Waals surface area contributed by atoms with E-state index in [2.05, 4.69) is 10.6 Å².